The number of carbonyl (C=O) groups excluding carboxylic acids is 1. The molecule has 0 aliphatic carbocycles. The Kier molecular flexibility index (Phi) is 3.65. The van der Waals surface area contributed by atoms with Crippen molar-refractivity contribution in [3.63, 3.8) is 0 Å². The SMILES string of the molecule is CC(=O)Nc1ccc2c(c1)c(=O)n(Cc1ccccc1)c1nnc(N)n21. The molecule has 0 saturated carbocycles. The number of carbonyl (C=O) groups is 1. The Balaban J connectivity index is 2.01. The van der Waals surface area contributed by atoms with Crippen molar-refractivity contribution in [1.82, 2.24) is 19.2 Å². The molecule has 0 saturated heterocycles. The monoisotopic (exact) mass is 348 g/mol. The lowest BCUT2D eigenvalue weighted by molar-refractivity contribution is -0.114. The molecule has 0 atom stereocenters. The van der Waals surface area contributed by atoms with Gasteiger partial charge < -0.3 is 11.1 Å². The van der Waals surface area contributed by atoms with Gasteiger partial charge in [-0.1, -0.05) is 30.3 Å². The summed E-state index contributed by atoms with van der Waals surface area (Å²) in [6.45, 7) is 1.75. The zero-order chi connectivity index (χ0) is 18.3. The summed E-state index contributed by atoms with van der Waals surface area (Å²) in [5, 5.41) is 11.1. The fraction of sp³-hybridized carbons (Fsp3) is 0.111. The lowest BCUT2D eigenvalue weighted by atomic mass is 10.2. The Labute approximate surface area is 147 Å². The number of nitrogens with two attached hydrogens (primary N) is 1. The van der Waals surface area contributed by atoms with Gasteiger partial charge in [0.2, 0.25) is 17.6 Å². The van der Waals surface area contributed by atoms with Gasteiger partial charge in [0, 0.05) is 12.6 Å². The molecule has 4 aromatic rings. The predicted octanol–water partition coefficient (Wildman–Crippen LogP) is 1.63. The van der Waals surface area contributed by atoms with E-state index in [1.165, 1.54) is 11.5 Å². The average molecular weight is 348 g/mol. The van der Waals surface area contributed by atoms with Crippen LogP contribution in [-0.4, -0.2) is 25.1 Å². The minimum atomic E-state index is -0.226. The highest BCUT2D eigenvalue weighted by Gasteiger charge is 2.16. The van der Waals surface area contributed by atoms with E-state index in [4.69, 9.17) is 5.73 Å². The number of anilines is 2. The second-order valence-electron chi connectivity index (χ2n) is 5.98. The van der Waals surface area contributed by atoms with E-state index in [0.717, 1.165) is 5.56 Å². The van der Waals surface area contributed by atoms with Crippen LogP contribution in [0.2, 0.25) is 0 Å². The molecule has 2 aromatic heterocycles. The van der Waals surface area contributed by atoms with E-state index >= 15 is 0 Å². The van der Waals surface area contributed by atoms with Gasteiger partial charge in [-0.25, -0.2) is 4.40 Å². The van der Waals surface area contributed by atoms with E-state index in [-0.39, 0.29) is 17.4 Å². The van der Waals surface area contributed by atoms with Gasteiger partial charge >= 0.3 is 0 Å². The summed E-state index contributed by atoms with van der Waals surface area (Å²) in [5.74, 6) is 0.356. The largest absolute Gasteiger partial charge is 0.368 e. The van der Waals surface area contributed by atoms with Crippen LogP contribution in [-0.2, 0) is 11.3 Å². The number of aromatic nitrogens is 4. The van der Waals surface area contributed by atoms with Crippen molar-refractivity contribution < 1.29 is 4.79 Å². The lowest BCUT2D eigenvalue weighted by Gasteiger charge is -2.12. The number of rotatable bonds is 3. The Morgan fingerprint density at radius 1 is 1.15 bits per heavy atom. The quantitative estimate of drug-likeness (QED) is 0.585. The van der Waals surface area contributed by atoms with E-state index in [2.05, 4.69) is 15.5 Å². The summed E-state index contributed by atoms with van der Waals surface area (Å²) in [6, 6.07) is 14.7. The maximum atomic E-state index is 13.1. The first-order valence-electron chi connectivity index (χ1n) is 8.03. The van der Waals surface area contributed by atoms with Crippen molar-refractivity contribution in [2.45, 2.75) is 13.5 Å². The Hall–Kier alpha value is -3.68. The minimum absolute atomic E-state index is 0.194. The van der Waals surface area contributed by atoms with Crippen LogP contribution in [0.5, 0.6) is 0 Å². The van der Waals surface area contributed by atoms with Gasteiger partial charge in [-0.2, -0.15) is 0 Å². The lowest BCUT2D eigenvalue weighted by Crippen LogP contribution is -2.24. The molecule has 3 N–H and O–H groups in total. The van der Waals surface area contributed by atoms with Gasteiger partial charge in [-0.3, -0.25) is 14.2 Å². The number of hydrogen-bond acceptors (Lipinski definition) is 5. The smallest absolute Gasteiger partial charge is 0.263 e. The number of hydrogen-bond donors (Lipinski definition) is 2. The van der Waals surface area contributed by atoms with E-state index in [1.807, 2.05) is 30.3 Å². The topological polar surface area (TPSA) is 107 Å². The third-order valence-corrected chi connectivity index (χ3v) is 4.13. The Morgan fingerprint density at radius 2 is 1.92 bits per heavy atom. The van der Waals surface area contributed by atoms with Gasteiger partial charge in [0.15, 0.2) is 0 Å². The van der Waals surface area contributed by atoms with Crippen LogP contribution < -0.4 is 16.6 Å². The molecule has 1 amide bonds. The molecule has 8 heteroatoms. The molecular formula is C18H16N6O2. The molecule has 2 aromatic carbocycles. The Bertz CT molecular complexity index is 1190. The molecule has 0 radical (unpaired) electrons. The first kappa shape index (κ1) is 15.8. The predicted molar refractivity (Wildman–Crippen MR) is 99.0 cm³/mol. The summed E-state index contributed by atoms with van der Waals surface area (Å²) >= 11 is 0. The van der Waals surface area contributed by atoms with E-state index in [1.54, 1.807) is 22.6 Å². The third-order valence-electron chi connectivity index (χ3n) is 4.13. The molecule has 8 nitrogen and oxygen atoms in total. The van der Waals surface area contributed by atoms with Gasteiger partial charge in [0.25, 0.3) is 5.56 Å². The van der Waals surface area contributed by atoms with Crippen LogP contribution in [0.25, 0.3) is 16.7 Å². The second-order valence-corrected chi connectivity index (χ2v) is 5.98. The van der Waals surface area contributed by atoms with Crippen LogP contribution in [0.3, 0.4) is 0 Å². The maximum Gasteiger partial charge on any atom is 0.263 e. The molecular weight excluding hydrogens is 332 g/mol. The number of fused-ring (bicyclic) bond motifs is 3. The zero-order valence-electron chi connectivity index (χ0n) is 14.0. The fourth-order valence-corrected chi connectivity index (χ4v) is 3.02. The van der Waals surface area contributed by atoms with Gasteiger partial charge in [-0.15, -0.1) is 10.2 Å². The van der Waals surface area contributed by atoms with Crippen molar-refractivity contribution in [2.75, 3.05) is 11.1 Å². The summed E-state index contributed by atoms with van der Waals surface area (Å²) < 4.78 is 3.16. The molecule has 0 bridgehead atoms. The summed E-state index contributed by atoms with van der Waals surface area (Å²) in [7, 11) is 0. The molecule has 0 aliphatic heterocycles. The van der Waals surface area contributed by atoms with Gasteiger partial charge in [0.1, 0.15) is 0 Å². The first-order valence-corrected chi connectivity index (χ1v) is 8.03. The molecule has 0 aliphatic rings. The third kappa shape index (κ3) is 2.57. The number of benzene rings is 2. The van der Waals surface area contributed by atoms with Crippen LogP contribution >= 0.6 is 0 Å². The zero-order valence-corrected chi connectivity index (χ0v) is 14.0. The maximum absolute atomic E-state index is 13.1. The van der Waals surface area contributed by atoms with Crippen LogP contribution in [0, 0.1) is 0 Å². The van der Waals surface area contributed by atoms with Crippen LogP contribution in [0.1, 0.15) is 12.5 Å². The molecule has 26 heavy (non-hydrogen) atoms. The minimum Gasteiger partial charge on any atom is -0.368 e. The van der Waals surface area contributed by atoms with Crippen molar-refractivity contribution >= 4 is 34.2 Å². The van der Waals surface area contributed by atoms with Crippen LogP contribution in [0.15, 0.2) is 53.3 Å². The molecule has 0 spiro atoms. The number of amides is 1. The number of nitrogen functional groups attached to an aromatic ring is 1. The van der Waals surface area contributed by atoms with E-state index in [0.29, 0.717) is 28.9 Å². The highest BCUT2D eigenvalue weighted by Crippen LogP contribution is 2.20. The second kappa shape index (κ2) is 5.99. The van der Waals surface area contributed by atoms with Crippen LogP contribution in [0.4, 0.5) is 11.6 Å². The van der Waals surface area contributed by atoms with E-state index < -0.39 is 0 Å². The highest BCUT2D eigenvalue weighted by molar-refractivity contribution is 5.92. The summed E-state index contributed by atoms with van der Waals surface area (Å²) in [4.78, 5) is 24.5. The fourth-order valence-electron chi connectivity index (χ4n) is 3.02. The normalized spacial score (nSPS) is 11.1. The van der Waals surface area contributed by atoms with Crippen molar-refractivity contribution in [3.05, 3.63) is 64.4 Å². The molecule has 130 valence electrons. The van der Waals surface area contributed by atoms with Gasteiger partial charge in [0.05, 0.1) is 17.4 Å². The summed E-state index contributed by atoms with van der Waals surface area (Å²) in [5.41, 5.74) is 7.84. The summed E-state index contributed by atoms with van der Waals surface area (Å²) in [6.07, 6.45) is 0. The molecule has 0 fully saturated rings. The van der Waals surface area contributed by atoms with Crippen molar-refractivity contribution in [3.8, 4) is 0 Å². The average Bonchev–Trinajstić information content (AvgIpc) is 3.01. The highest BCUT2D eigenvalue weighted by atomic mass is 16.1. The number of nitrogens with one attached hydrogen (secondary N) is 1. The number of nitrogens with zero attached hydrogens (tertiary/aromatic N) is 4. The molecule has 4 rings (SSSR count). The van der Waals surface area contributed by atoms with Crippen molar-refractivity contribution in [1.29, 1.82) is 0 Å². The standard InChI is InChI=1S/C18H16N6O2/c1-11(25)20-13-7-8-15-14(9-13)16(26)23(10-12-5-3-2-4-6-12)18-22-21-17(19)24(15)18/h2-9H,10H2,1H3,(H2,19,21)(H,20,25). The molecule has 0 unspecified atom stereocenters. The van der Waals surface area contributed by atoms with Gasteiger partial charge in [-0.05, 0) is 23.8 Å². The van der Waals surface area contributed by atoms with E-state index in [9.17, 15) is 9.59 Å². The first-order chi connectivity index (χ1) is 12.5. The molecule has 2 heterocycles. The Morgan fingerprint density at radius 3 is 2.65 bits per heavy atom. The van der Waals surface area contributed by atoms with Crippen molar-refractivity contribution in [2.24, 2.45) is 0 Å².